The average molecular weight is 467 g/mol. The Morgan fingerprint density at radius 3 is 2.61 bits per heavy atom. The molecule has 1 N–H and O–H groups in total. The van der Waals surface area contributed by atoms with Crippen LogP contribution < -0.4 is 5.32 Å². The maximum Gasteiger partial charge on any atom is 0.419 e. The highest BCUT2D eigenvalue weighted by Crippen LogP contribution is 2.34. The Bertz CT molecular complexity index is 1120. The number of carbonyl (C=O) groups is 2. The number of alkyl halides is 3. The number of nitrogens with zero attached hydrogens (tertiary/aromatic N) is 4. The van der Waals surface area contributed by atoms with Gasteiger partial charge in [0, 0.05) is 49.3 Å². The van der Waals surface area contributed by atoms with Gasteiger partial charge in [0.25, 0.3) is 5.91 Å². The minimum absolute atomic E-state index is 0.0883. The van der Waals surface area contributed by atoms with Gasteiger partial charge in [0.05, 0.1) is 17.8 Å². The summed E-state index contributed by atoms with van der Waals surface area (Å²) in [6.45, 7) is 7.08. The van der Waals surface area contributed by atoms with Crippen molar-refractivity contribution in [2.45, 2.75) is 52.5 Å². The molecule has 0 aliphatic carbocycles. The predicted molar refractivity (Wildman–Crippen MR) is 112 cm³/mol. The summed E-state index contributed by atoms with van der Waals surface area (Å²) < 4.78 is 54.3. The van der Waals surface area contributed by atoms with Crippen LogP contribution in [0.4, 0.5) is 28.0 Å². The summed E-state index contributed by atoms with van der Waals surface area (Å²) in [5.41, 5.74) is 0.00988. The van der Waals surface area contributed by atoms with Gasteiger partial charge in [0.1, 0.15) is 11.5 Å². The maximum atomic E-state index is 13.6. The number of fused-ring (bicyclic) bond motifs is 3. The summed E-state index contributed by atoms with van der Waals surface area (Å²) in [4.78, 5) is 29.1. The second kappa shape index (κ2) is 7.74. The Labute approximate surface area is 188 Å². The molecule has 0 saturated carbocycles. The number of hydrogen-bond donors (Lipinski definition) is 1. The zero-order chi connectivity index (χ0) is 24.3. The second-order valence-electron chi connectivity index (χ2n) is 9.56. The van der Waals surface area contributed by atoms with Crippen LogP contribution in [-0.2, 0) is 25.7 Å². The summed E-state index contributed by atoms with van der Waals surface area (Å²) in [6, 6.07) is 1.38. The molecule has 0 saturated heterocycles. The van der Waals surface area contributed by atoms with Gasteiger partial charge < -0.3 is 15.1 Å². The van der Waals surface area contributed by atoms with Crippen LogP contribution in [0.25, 0.3) is 0 Å². The van der Waals surface area contributed by atoms with E-state index < -0.39 is 23.6 Å². The zero-order valence-corrected chi connectivity index (χ0v) is 18.8. The molecule has 178 valence electrons. The third kappa shape index (κ3) is 4.28. The first-order valence-electron chi connectivity index (χ1n) is 10.6. The number of halogens is 4. The van der Waals surface area contributed by atoms with E-state index in [9.17, 15) is 27.2 Å². The highest BCUT2D eigenvalue weighted by Gasteiger charge is 2.39. The first kappa shape index (κ1) is 23.1. The van der Waals surface area contributed by atoms with E-state index in [1.807, 2.05) is 13.8 Å². The molecule has 1 unspecified atom stereocenters. The topological polar surface area (TPSA) is 70.5 Å². The fourth-order valence-corrected chi connectivity index (χ4v) is 4.59. The molecule has 3 amide bonds. The molecule has 0 radical (unpaired) electrons. The Balaban J connectivity index is 1.62. The van der Waals surface area contributed by atoms with Crippen molar-refractivity contribution in [3.05, 3.63) is 46.5 Å². The van der Waals surface area contributed by atoms with Gasteiger partial charge in [-0.05, 0) is 25.1 Å². The number of urea groups is 1. The van der Waals surface area contributed by atoms with Crippen molar-refractivity contribution in [3.8, 4) is 0 Å². The highest BCUT2D eigenvalue weighted by molar-refractivity contribution is 5.95. The number of rotatable bonds is 1. The summed E-state index contributed by atoms with van der Waals surface area (Å²) in [5.74, 6) is -1.60. The van der Waals surface area contributed by atoms with Crippen molar-refractivity contribution in [1.82, 2.24) is 19.6 Å². The number of hydrogen-bond acceptors (Lipinski definition) is 3. The Kier molecular flexibility index (Phi) is 5.41. The van der Waals surface area contributed by atoms with Gasteiger partial charge in [0.2, 0.25) is 0 Å². The van der Waals surface area contributed by atoms with Crippen LogP contribution >= 0.6 is 0 Å². The lowest BCUT2D eigenvalue weighted by Gasteiger charge is -2.33. The first-order chi connectivity index (χ1) is 15.3. The van der Waals surface area contributed by atoms with Crippen molar-refractivity contribution in [1.29, 1.82) is 0 Å². The molecule has 2 aliphatic rings. The number of amides is 3. The smallest absolute Gasteiger partial charge is 0.340 e. The normalized spacial score (nSPS) is 20.2. The average Bonchev–Trinajstić information content (AvgIpc) is 2.98. The van der Waals surface area contributed by atoms with Crippen LogP contribution in [0.3, 0.4) is 0 Å². The third-order valence-corrected chi connectivity index (χ3v) is 6.06. The molecule has 0 bridgehead atoms. The SMILES string of the molecule is CC1Cc2nn3c(c2CN1C(=O)Nc1ccc(F)c(C(F)(F)F)c1)C(=O)N(C)CC(C)(C)C3. The Hall–Kier alpha value is -3.11. The van der Waals surface area contributed by atoms with Crippen LogP contribution in [0.2, 0.25) is 0 Å². The van der Waals surface area contributed by atoms with Gasteiger partial charge in [0.15, 0.2) is 0 Å². The summed E-state index contributed by atoms with van der Waals surface area (Å²) in [7, 11) is 1.72. The molecule has 1 aromatic carbocycles. The van der Waals surface area contributed by atoms with Crippen LogP contribution in [0.15, 0.2) is 18.2 Å². The standard InChI is InChI=1S/C22H25F4N5O2/c1-12-7-17-14(18-19(32)29(4)10-21(2,3)11-31(18)28-17)9-30(12)20(33)27-13-5-6-16(23)15(8-13)22(24,25)26/h5-6,8,12H,7,9-11H2,1-4H3,(H,27,33). The second-order valence-corrected chi connectivity index (χ2v) is 9.56. The molecule has 2 aromatic rings. The molecule has 7 nitrogen and oxygen atoms in total. The summed E-state index contributed by atoms with van der Waals surface area (Å²) >= 11 is 0. The largest absolute Gasteiger partial charge is 0.419 e. The molecular formula is C22H25F4N5O2. The minimum Gasteiger partial charge on any atom is -0.340 e. The quantitative estimate of drug-likeness (QED) is 0.642. The number of nitrogens with one attached hydrogen (secondary N) is 1. The van der Waals surface area contributed by atoms with Gasteiger partial charge >= 0.3 is 12.2 Å². The first-order valence-corrected chi connectivity index (χ1v) is 10.6. The predicted octanol–water partition coefficient (Wildman–Crippen LogP) is 4.13. The lowest BCUT2D eigenvalue weighted by molar-refractivity contribution is -0.139. The Morgan fingerprint density at radius 1 is 1.24 bits per heavy atom. The monoisotopic (exact) mass is 467 g/mol. The molecule has 11 heteroatoms. The molecular weight excluding hydrogens is 442 g/mol. The number of carbonyl (C=O) groups excluding carboxylic acids is 2. The molecule has 1 aromatic heterocycles. The van der Waals surface area contributed by atoms with Gasteiger partial charge in [-0.3, -0.25) is 9.48 Å². The van der Waals surface area contributed by atoms with E-state index in [2.05, 4.69) is 10.4 Å². The van der Waals surface area contributed by atoms with Crippen molar-refractivity contribution in [2.75, 3.05) is 18.9 Å². The van der Waals surface area contributed by atoms with Crippen LogP contribution in [0, 0.1) is 11.2 Å². The molecule has 4 rings (SSSR count). The van der Waals surface area contributed by atoms with E-state index in [0.29, 0.717) is 42.9 Å². The lowest BCUT2D eigenvalue weighted by atomic mass is 9.93. The van der Waals surface area contributed by atoms with E-state index >= 15 is 0 Å². The van der Waals surface area contributed by atoms with E-state index in [1.54, 1.807) is 23.6 Å². The molecule has 0 fully saturated rings. The number of aromatic nitrogens is 2. The van der Waals surface area contributed by atoms with Crippen LogP contribution in [0.1, 0.15) is 48.1 Å². The fourth-order valence-electron chi connectivity index (χ4n) is 4.59. The van der Waals surface area contributed by atoms with Crippen molar-refractivity contribution >= 4 is 17.6 Å². The van der Waals surface area contributed by atoms with Crippen LogP contribution in [0.5, 0.6) is 0 Å². The number of benzene rings is 1. The molecule has 2 aliphatic heterocycles. The van der Waals surface area contributed by atoms with E-state index in [-0.39, 0.29) is 29.6 Å². The Morgan fingerprint density at radius 2 is 1.94 bits per heavy atom. The lowest BCUT2D eigenvalue weighted by Crippen LogP contribution is -2.45. The molecule has 1 atom stereocenters. The van der Waals surface area contributed by atoms with Gasteiger partial charge in [-0.1, -0.05) is 13.8 Å². The molecule has 33 heavy (non-hydrogen) atoms. The maximum absolute atomic E-state index is 13.6. The molecule has 3 heterocycles. The zero-order valence-electron chi connectivity index (χ0n) is 18.8. The summed E-state index contributed by atoms with van der Waals surface area (Å²) in [6.07, 6.45) is -4.48. The fraction of sp³-hybridized carbons (Fsp3) is 0.500. The highest BCUT2D eigenvalue weighted by atomic mass is 19.4. The minimum atomic E-state index is -4.88. The van der Waals surface area contributed by atoms with Crippen molar-refractivity contribution in [2.24, 2.45) is 5.41 Å². The number of anilines is 1. The van der Waals surface area contributed by atoms with E-state index in [4.69, 9.17) is 0 Å². The van der Waals surface area contributed by atoms with E-state index in [0.717, 1.165) is 11.8 Å². The van der Waals surface area contributed by atoms with Gasteiger partial charge in [-0.25, -0.2) is 9.18 Å². The molecule has 0 spiro atoms. The van der Waals surface area contributed by atoms with E-state index in [1.165, 1.54) is 4.90 Å². The van der Waals surface area contributed by atoms with Crippen LogP contribution in [-0.4, -0.2) is 51.2 Å². The van der Waals surface area contributed by atoms with Crippen molar-refractivity contribution < 1.29 is 27.2 Å². The van der Waals surface area contributed by atoms with Crippen molar-refractivity contribution in [3.63, 3.8) is 0 Å². The third-order valence-electron chi connectivity index (χ3n) is 6.06. The van der Waals surface area contributed by atoms with Gasteiger partial charge in [-0.15, -0.1) is 0 Å². The van der Waals surface area contributed by atoms with Gasteiger partial charge in [-0.2, -0.15) is 18.3 Å². The summed E-state index contributed by atoms with van der Waals surface area (Å²) in [5, 5.41) is 7.08.